The number of nitrogens with one attached hydrogen (secondary N) is 1. The molecule has 3 aliphatic heterocycles. The highest BCUT2D eigenvalue weighted by Gasteiger charge is 2.44. The zero-order chi connectivity index (χ0) is 14.6. The minimum absolute atomic E-state index is 0.147. The molecular formula is C17H23N3O. The van der Waals surface area contributed by atoms with Crippen molar-refractivity contribution in [1.29, 1.82) is 0 Å². The van der Waals surface area contributed by atoms with Crippen molar-refractivity contribution >= 4 is 17.3 Å². The predicted molar refractivity (Wildman–Crippen MR) is 84.9 cm³/mol. The molecule has 2 atom stereocenters. The van der Waals surface area contributed by atoms with Crippen LogP contribution in [0.3, 0.4) is 0 Å². The van der Waals surface area contributed by atoms with Crippen molar-refractivity contribution in [2.24, 2.45) is 0 Å². The van der Waals surface area contributed by atoms with E-state index in [1.165, 1.54) is 24.2 Å². The number of anilines is 2. The Morgan fingerprint density at radius 3 is 2.95 bits per heavy atom. The first-order valence-corrected chi connectivity index (χ1v) is 8.08. The molecule has 3 heterocycles. The number of nitrogens with zero attached hydrogens (tertiary/aromatic N) is 2. The third kappa shape index (κ3) is 1.96. The lowest BCUT2D eigenvalue weighted by atomic mass is 9.88. The fraction of sp³-hybridized carbons (Fsp3) is 0.588. The summed E-state index contributed by atoms with van der Waals surface area (Å²) in [5.41, 5.74) is 3.74. The van der Waals surface area contributed by atoms with E-state index in [9.17, 15) is 4.79 Å². The summed E-state index contributed by atoms with van der Waals surface area (Å²) < 4.78 is 0. The lowest BCUT2D eigenvalue weighted by Crippen LogP contribution is -2.48. The molecule has 0 spiro atoms. The summed E-state index contributed by atoms with van der Waals surface area (Å²) >= 11 is 0. The molecule has 2 unspecified atom stereocenters. The van der Waals surface area contributed by atoms with Crippen LogP contribution < -0.4 is 10.2 Å². The summed E-state index contributed by atoms with van der Waals surface area (Å²) in [6.07, 6.45) is 1.80. The average molecular weight is 285 g/mol. The molecule has 1 aromatic carbocycles. The summed E-state index contributed by atoms with van der Waals surface area (Å²) in [5, 5.41) is 3.08. The van der Waals surface area contributed by atoms with E-state index in [0.29, 0.717) is 24.4 Å². The van der Waals surface area contributed by atoms with Gasteiger partial charge in [0.25, 0.3) is 0 Å². The largest absolute Gasteiger partial charge is 0.365 e. The van der Waals surface area contributed by atoms with Gasteiger partial charge in [0.1, 0.15) is 0 Å². The third-order valence-corrected chi connectivity index (χ3v) is 5.35. The third-order valence-electron chi connectivity index (χ3n) is 5.35. The predicted octanol–water partition coefficient (Wildman–Crippen LogP) is 2.42. The van der Waals surface area contributed by atoms with Crippen molar-refractivity contribution < 1.29 is 4.79 Å². The van der Waals surface area contributed by atoms with E-state index in [-0.39, 0.29) is 5.91 Å². The molecule has 0 aliphatic carbocycles. The number of carbonyl (C=O) groups excluding carboxylic acids is 1. The zero-order valence-electron chi connectivity index (χ0n) is 12.8. The summed E-state index contributed by atoms with van der Waals surface area (Å²) in [5.74, 6) is 0.736. The molecule has 1 saturated heterocycles. The van der Waals surface area contributed by atoms with Crippen LogP contribution in [0.15, 0.2) is 18.2 Å². The van der Waals surface area contributed by atoms with Gasteiger partial charge in [-0.3, -0.25) is 4.79 Å². The molecule has 21 heavy (non-hydrogen) atoms. The Morgan fingerprint density at radius 2 is 2.14 bits per heavy atom. The molecule has 1 amide bonds. The molecule has 0 saturated carbocycles. The minimum Gasteiger partial charge on any atom is -0.365 e. The maximum absolute atomic E-state index is 11.9. The highest BCUT2D eigenvalue weighted by molar-refractivity contribution is 5.97. The highest BCUT2D eigenvalue weighted by Crippen LogP contribution is 2.49. The lowest BCUT2D eigenvalue weighted by Gasteiger charge is -2.40. The Bertz CT molecular complexity index is 583. The summed E-state index contributed by atoms with van der Waals surface area (Å²) in [7, 11) is 0. The molecule has 3 aliphatic rings. The Balaban J connectivity index is 1.76. The molecule has 0 bridgehead atoms. The molecule has 4 nitrogen and oxygen atoms in total. The van der Waals surface area contributed by atoms with Gasteiger partial charge in [-0.1, -0.05) is 12.1 Å². The van der Waals surface area contributed by atoms with E-state index >= 15 is 0 Å². The Hall–Kier alpha value is -1.55. The second-order valence-corrected chi connectivity index (χ2v) is 6.79. The van der Waals surface area contributed by atoms with Crippen molar-refractivity contribution in [3.63, 3.8) is 0 Å². The van der Waals surface area contributed by atoms with E-state index in [1.807, 2.05) is 6.07 Å². The van der Waals surface area contributed by atoms with Crippen LogP contribution in [0.4, 0.5) is 11.4 Å². The molecule has 4 heteroatoms. The zero-order valence-corrected chi connectivity index (χ0v) is 12.8. The van der Waals surface area contributed by atoms with E-state index in [4.69, 9.17) is 0 Å². The van der Waals surface area contributed by atoms with E-state index in [2.05, 4.69) is 41.1 Å². The van der Waals surface area contributed by atoms with E-state index in [1.54, 1.807) is 0 Å². The molecule has 0 radical (unpaired) electrons. The van der Waals surface area contributed by atoms with Gasteiger partial charge in [0.15, 0.2) is 0 Å². The van der Waals surface area contributed by atoms with Gasteiger partial charge in [-0.15, -0.1) is 0 Å². The van der Waals surface area contributed by atoms with E-state index in [0.717, 1.165) is 18.8 Å². The SMILES string of the molecule is CC(C)N1CCC2C(C1)c1cccc3c1N2CCC(=O)N3. The van der Waals surface area contributed by atoms with Crippen LogP contribution >= 0.6 is 0 Å². The van der Waals surface area contributed by atoms with Gasteiger partial charge in [0, 0.05) is 44.1 Å². The molecule has 1 N–H and O–H groups in total. The maximum atomic E-state index is 11.9. The van der Waals surface area contributed by atoms with Gasteiger partial charge in [0.2, 0.25) is 5.91 Å². The number of carbonyl (C=O) groups is 1. The number of hydrogen-bond acceptors (Lipinski definition) is 3. The first-order chi connectivity index (χ1) is 10.1. The number of fused-ring (bicyclic) bond motifs is 3. The topological polar surface area (TPSA) is 35.6 Å². The van der Waals surface area contributed by atoms with Gasteiger partial charge in [-0.25, -0.2) is 0 Å². The number of amides is 1. The first kappa shape index (κ1) is 13.1. The van der Waals surface area contributed by atoms with E-state index < -0.39 is 0 Å². The fourth-order valence-corrected chi connectivity index (χ4v) is 4.27. The summed E-state index contributed by atoms with van der Waals surface area (Å²) in [6, 6.07) is 7.59. The maximum Gasteiger partial charge on any atom is 0.226 e. The van der Waals surface area contributed by atoms with Crippen LogP contribution in [-0.2, 0) is 4.79 Å². The van der Waals surface area contributed by atoms with Crippen LogP contribution in [0, 0.1) is 0 Å². The van der Waals surface area contributed by atoms with Crippen molar-refractivity contribution in [2.75, 3.05) is 29.9 Å². The molecular weight excluding hydrogens is 262 g/mol. The van der Waals surface area contributed by atoms with Crippen LogP contribution in [-0.4, -0.2) is 42.5 Å². The highest BCUT2D eigenvalue weighted by atomic mass is 16.1. The Kier molecular flexibility index (Phi) is 2.96. The van der Waals surface area contributed by atoms with Gasteiger partial charge in [-0.2, -0.15) is 0 Å². The number of rotatable bonds is 1. The monoisotopic (exact) mass is 285 g/mol. The number of likely N-dealkylation sites (tertiary alicyclic amines) is 1. The van der Waals surface area contributed by atoms with Crippen LogP contribution in [0.2, 0.25) is 0 Å². The van der Waals surface area contributed by atoms with Gasteiger partial charge in [0.05, 0.1) is 11.4 Å². The van der Waals surface area contributed by atoms with Crippen LogP contribution in [0.5, 0.6) is 0 Å². The smallest absolute Gasteiger partial charge is 0.226 e. The quantitative estimate of drug-likeness (QED) is 0.860. The Morgan fingerprint density at radius 1 is 1.29 bits per heavy atom. The number of para-hydroxylation sites is 1. The Labute approximate surface area is 126 Å². The van der Waals surface area contributed by atoms with Crippen molar-refractivity contribution in [2.45, 2.75) is 44.7 Å². The molecule has 0 aromatic heterocycles. The molecule has 1 fully saturated rings. The van der Waals surface area contributed by atoms with Crippen LogP contribution in [0.25, 0.3) is 0 Å². The van der Waals surface area contributed by atoms with Gasteiger partial charge >= 0.3 is 0 Å². The fourth-order valence-electron chi connectivity index (χ4n) is 4.27. The van der Waals surface area contributed by atoms with Crippen LogP contribution in [0.1, 0.15) is 38.2 Å². The lowest BCUT2D eigenvalue weighted by molar-refractivity contribution is -0.116. The number of benzene rings is 1. The van der Waals surface area contributed by atoms with Crippen molar-refractivity contribution in [3.05, 3.63) is 23.8 Å². The summed E-state index contributed by atoms with van der Waals surface area (Å²) in [6.45, 7) is 7.74. The first-order valence-electron chi connectivity index (χ1n) is 8.08. The van der Waals surface area contributed by atoms with Gasteiger partial charge in [-0.05, 0) is 31.9 Å². The van der Waals surface area contributed by atoms with Gasteiger partial charge < -0.3 is 15.1 Å². The second-order valence-electron chi connectivity index (χ2n) is 6.79. The molecule has 112 valence electrons. The van der Waals surface area contributed by atoms with Crippen molar-refractivity contribution in [1.82, 2.24) is 4.90 Å². The number of hydrogen-bond donors (Lipinski definition) is 1. The standard InChI is InChI=1S/C17H23N3O/c1-11(2)19-8-6-15-13(10-19)12-4-3-5-14-17(12)20(15)9-7-16(21)18-14/h3-5,11,13,15H,6-10H2,1-2H3,(H,18,21). The number of piperidine rings is 1. The van der Waals surface area contributed by atoms with Crippen molar-refractivity contribution in [3.8, 4) is 0 Å². The normalized spacial score (nSPS) is 28.1. The molecule has 1 aromatic rings. The second kappa shape index (κ2) is 4.73. The minimum atomic E-state index is 0.147. The average Bonchev–Trinajstić information content (AvgIpc) is 2.68. The molecule has 4 rings (SSSR count). The summed E-state index contributed by atoms with van der Waals surface area (Å²) in [4.78, 5) is 17.0.